The lowest BCUT2D eigenvalue weighted by Crippen LogP contribution is -2.54. The summed E-state index contributed by atoms with van der Waals surface area (Å²) in [6, 6.07) is 2.44. The first-order chi connectivity index (χ1) is 15.0. The van der Waals surface area contributed by atoms with Crippen molar-refractivity contribution >= 4 is 11.8 Å². The van der Waals surface area contributed by atoms with Crippen molar-refractivity contribution in [3.63, 3.8) is 0 Å². The molecule has 1 saturated carbocycles. The molecule has 2 heterocycles. The van der Waals surface area contributed by atoms with Crippen LogP contribution in [0.15, 0.2) is 30.4 Å². The minimum absolute atomic E-state index is 0.0259. The van der Waals surface area contributed by atoms with Gasteiger partial charge in [-0.3, -0.25) is 9.88 Å². The summed E-state index contributed by atoms with van der Waals surface area (Å²) in [5, 5.41) is 3.86. The highest BCUT2D eigenvalue weighted by atomic mass is 19.1. The van der Waals surface area contributed by atoms with Gasteiger partial charge < -0.3 is 10.2 Å². The molecule has 5 heteroatoms. The van der Waals surface area contributed by atoms with E-state index >= 15 is 0 Å². The Morgan fingerprint density at radius 3 is 2.65 bits per heavy atom. The number of allylic oxidation sites excluding steroid dienone is 1. The van der Waals surface area contributed by atoms with Crippen molar-refractivity contribution in [3.05, 3.63) is 41.6 Å². The number of nitrogens with zero attached hydrogens (tertiary/aromatic N) is 3. The van der Waals surface area contributed by atoms with Crippen molar-refractivity contribution < 1.29 is 4.39 Å². The van der Waals surface area contributed by atoms with E-state index < -0.39 is 0 Å². The highest BCUT2D eigenvalue weighted by Crippen LogP contribution is 2.33. The second-order valence-electron chi connectivity index (χ2n) is 9.88. The monoisotopic (exact) mass is 426 g/mol. The van der Waals surface area contributed by atoms with Gasteiger partial charge in [0, 0.05) is 67.3 Å². The van der Waals surface area contributed by atoms with Crippen LogP contribution in [0.1, 0.15) is 76.5 Å². The predicted molar refractivity (Wildman–Crippen MR) is 128 cm³/mol. The molecule has 1 atom stereocenters. The molecule has 4 nitrogen and oxygen atoms in total. The Morgan fingerprint density at radius 1 is 1.19 bits per heavy atom. The van der Waals surface area contributed by atoms with E-state index in [4.69, 9.17) is 0 Å². The molecule has 0 spiro atoms. The Balaban J connectivity index is 1.42. The summed E-state index contributed by atoms with van der Waals surface area (Å²) in [4.78, 5) is 9.51. The third-order valence-electron chi connectivity index (χ3n) is 7.43. The molecule has 31 heavy (non-hydrogen) atoms. The van der Waals surface area contributed by atoms with Crippen LogP contribution in [0, 0.1) is 0 Å². The number of hydrogen-bond acceptors (Lipinski definition) is 4. The van der Waals surface area contributed by atoms with Crippen LogP contribution in [-0.2, 0) is 6.42 Å². The Morgan fingerprint density at radius 2 is 1.94 bits per heavy atom. The quantitative estimate of drug-likeness (QED) is 0.628. The zero-order chi connectivity index (χ0) is 21.8. The molecule has 1 aliphatic heterocycles. The van der Waals surface area contributed by atoms with E-state index in [0.717, 1.165) is 56.0 Å². The van der Waals surface area contributed by atoms with Crippen molar-refractivity contribution in [1.82, 2.24) is 15.2 Å². The lowest BCUT2D eigenvalue weighted by molar-refractivity contribution is 0.178. The van der Waals surface area contributed by atoms with E-state index in [1.807, 2.05) is 6.20 Å². The number of rotatable bonds is 7. The smallest absolute Gasteiger partial charge is 0.101 e. The number of nitrogens with one attached hydrogen (secondary N) is 1. The van der Waals surface area contributed by atoms with Gasteiger partial charge in [0.25, 0.3) is 0 Å². The summed E-state index contributed by atoms with van der Waals surface area (Å²) in [7, 11) is 0. The lowest BCUT2D eigenvalue weighted by atomic mass is 9.83. The van der Waals surface area contributed by atoms with Gasteiger partial charge >= 0.3 is 0 Å². The van der Waals surface area contributed by atoms with Crippen LogP contribution < -0.4 is 10.2 Å². The molecule has 2 aliphatic carbocycles. The van der Waals surface area contributed by atoms with Gasteiger partial charge in [-0.15, -0.1) is 0 Å². The molecule has 0 amide bonds. The summed E-state index contributed by atoms with van der Waals surface area (Å²) >= 11 is 0. The Kier molecular flexibility index (Phi) is 7.00. The number of piperazine rings is 1. The van der Waals surface area contributed by atoms with E-state index in [1.165, 1.54) is 37.8 Å². The summed E-state index contributed by atoms with van der Waals surface area (Å²) in [5.41, 5.74) is 4.56. The molecular weight excluding hydrogens is 387 g/mol. The number of halogens is 1. The second kappa shape index (κ2) is 9.72. The zero-order valence-electron chi connectivity index (χ0n) is 19.4. The zero-order valence-corrected chi connectivity index (χ0v) is 19.4. The van der Waals surface area contributed by atoms with E-state index in [2.05, 4.69) is 46.6 Å². The van der Waals surface area contributed by atoms with E-state index in [9.17, 15) is 4.39 Å². The fourth-order valence-electron chi connectivity index (χ4n) is 5.66. The molecule has 1 N–H and O–H groups in total. The molecule has 170 valence electrons. The fourth-order valence-corrected chi connectivity index (χ4v) is 5.66. The molecule has 1 aromatic heterocycles. The molecular formula is C26H39FN4. The van der Waals surface area contributed by atoms with Gasteiger partial charge in [0.2, 0.25) is 0 Å². The molecule has 0 radical (unpaired) electrons. The average molecular weight is 427 g/mol. The first-order valence-electron chi connectivity index (χ1n) is 12.3. The van der Waals surface area contributed by atoms with Gasteiger partial charge in [0.1, 0.15) is 5.83 Å². The Labute approximate surface area is 187 Å². The van der Waals surface area contributed by atoms with E-state index in [-0.39, 0.29) is 11.4 Å². The highest BCUT2D eigenvalue weighted by molar-refractivity contribution is 5.71. The van der Waals surface area contributed by atoms with Gasteiger partial charge in [-0.1, -0.05) is 39.2 Å². The van der Waals surface area contributed by atoms with Crippen LogP contribution in [0.4, 0.5) is 10.1 Å². The van der Waals surface area contributed by atoms with Crippen LogP contribution in [0.3, 0.4) is 0 Å². The van der Waals surface area contributed by atoms with Gasteiger partial charge in [-0.2, -0.15) is 0 Å². The maximum absolute atomic E-state index is 14.0. The van der Waals surface area contributed by atoms with Crippen LogP contribution in [0.2, 0.25) is 0 Å². The maximum Gasteiger partial charge on any atom is 0.101 e. The minimum Gasteiger partial charge on any atom is -0.382 e. The predicted octanol–water partition coefficient (Wildman–Crippen LogP) is 5.46. The standard InChI is InChI=1S/C26H39FN4/c1-4-8-24(20(2)29-26(3)12-6-5-7-13-26)30-15-17-31(18-16-30)25-11-14-28-23-10-9-21(27)19-22(23)25/h11,14,19,24,29H,2,4-10,12-13,15-18H2,1,3H3. The molecule has 2 fully saturated rings. The number of anilines is 1. The van der Waals surface area contributed by atoms with Gasteiger partial charge in [-0.05, 0) is 44.7 Å². The van der Waals surface area contributed by atoms with Crippen LogP contribution in [-0.4, -0.2) is 47.6 Å². The summed E-state index contributed by atoms with van der Waals surface area (Å²) in [5.74, 6) is -0.0259. The SMILES string of the molecule is C=C(NC1(C)CCCCC1)C(CCC)N1CCN(c2ccnc3c2C=C(F)CC3)CC1. The Bertz CT molecular complexity index is 804. The third-order valence-corrected chi connectivity index (χ3v) is 7.43. The number of pyridine rings is 1. The largest absolute Gasteiger partial charge is 0.382 e. The van der Waals surface area contributed by atoms with Gasteiger partial charge in [0.05, 0.1) is 5.69 Å². The summed E-state index contributed by atoms with van der Waals surface area (Å²) in [6.45, 7) is 13.1. The lowest BCUT2D eigenvalue weighted by Gasteiger charge is -2.44. The first-order valence-corrected chi connectivity index (χ1v) is 12.3. The number of aromatic nitrogens is 1. The highest BCUT2D eigenvalue weighted by Gasteiger charge is 2.32. The van der Waals surface area contributed by atoms with Crippen molar-refractivity contribution in [2.24, 2.45) is 0 Å². The number of hydrogen-bond donors (Lipinski definition) is 1. The average Bonchev–Trinajstić information content (AvgIpc) is 2.77. The van der Waals surface area contributed by atoms with Gasteiger partial charge in [-0.25, -0.2) is 4.39 Å². The van der Waals surface area contributed by atoms with E-state index in [0.29, 0.717) is 18.9 Å². The molecule has 1 unspecified atom stereocenters. The number of fused-ring (bicyclic) bond motifs is 1. The molecule has 3 aliphatic rings. The van der Waals surface area contributed by atoms with Gasteiger partial charge in [0.15, 0.2) is 0 Å². The molecule has 0 bridgehead atoms. The first kappa shape index (κ1) is 22.3. The van der Waals surface area contributed by atoms with Crippen LogP contribution in [0.25, 0.3) is 6.08 Å². The molecule has 1 aromatic rings. The van der Waals surface area contributed by atoms with Crippen molar-refractivity contribution in [2.75, 3.05) is 31.1 Å². The minimum atomic E-state index is -0.0259. The second-order valence-corrected chi connectivity index (χ2v) is 9.88. The maximum atomic E-state index is 14.0. The van der Waals surface area contributed by atoms with Crippen molar-refractivity contribution in [1.29, 1.82) is 0 Å². The Hall–Kier alpha value is -1.88. The fraction of sp³-hybridized carbons (Fsp3) is 0.654. The van der Waals surface area contributed by atoms with Crippen molar-refractivity contribution in [3.8, 4) is 0 Å². The summed E-state index contributed by atoms with van der Waals surface area (Å²) in [6.07, 6.45) is 13.5. The van der Waals surface area contributed by atoms with Crippen LogP contribution >= 0.6 is 0 Å². The summed E-state index contributed by atoms with van der Waals surface area (Å²) < 4.78 is 14.0. The third kappa shape index (κ3) is 5.14. The molecule has 0 aromatic carbocycles. The van der Waals surface area contributed by atoms with E-state index in [1.54, 1.807) is 6.08 Å². The number of aryl methyl sites for hydroxylation is 1. The molecule has 1 saturated heterocycles. The normalized spacial score (nSPS) is 22.4. The van der Waals surface area contributed by atoms with Crippen molar-refractivity contribution in [2.45, 2.75) is 83.2 Å². The topological polar surface area (TPSA) is 31.4 Å². The molecule has 4 rings (SSSR count). The van der Waals surface area contributed by atoms with Crippen LogP contribution in [0.5, 0.6) is 0 Å².